The van der Waals surface area contributed by atoms with Gasteiger partial charge in [-0.25, -0.2) is 13.4 Å². The second-order valence-electron chi connectivity index (χ2n) is 7.60. The molecule has 0 aliphatic carbocycles. The number of para-hydroxylation sites is 1. The standard InChI is InChI=1S/C22H26N4O3S/c1-2-5-17-8-10-18(11-9-17)30(28,29)26-14-12-25(13-15-26)16-21-23-20-7-4-3-6-19(20)22(27)24-21/h3-4,6-11H,2,5,12-16H2,1H3,(H,23,24,27). The molecule has 0 spiro atoms. The van der Waals surface area contributed by atoms with Crippen LogP contribution in [0.2, 0.25) is 0 Å². The Labute approximate surface area is 176 Å². The van der Waals surface area contributed by atoms with Gasteiger partial charge in [0.2, 0.25) is 10.0 Å². The highest BCUT2D eigenvalue weighted by molar-refractivity contribution is 7.89. The van der Waals surface area contributed by atoms with Gasteiger partial charge >= 0.3 is 0 Å². The number of aromatic amines is 1. The van der Waals surface area contributed by atoms with E-state index in [1.807, 2.05) is 30.3 Å². The molecular formula is C22H26N4O3S. The third-order valence-electron chi connectivity index (χ3n) is 5.47. The summed E-state index contributed by atoms with van der Waals surface area (Å²) in [4.78, 5) is 22.1. The molecule has 1 aromatic heterocycles. The summed E-state index contributed by atoms with van der Waals surface area (Å²) in [5, 5.41) is 0.571. The molecule has 2 heterocycles. The minimum absolute atomic E-state index is 0.150. The Morgan fingerprint density at radius 2 is 1.70 bits per heavy atom. The first kappa shape index (κ1) is 20.7. The van der Waals surface area contributed by atoms with E-state index in [0.717, 1.165) is 18.4 Å². The van der Waals surface area contributed by atoms with Crippen LogP contribution in [0.25, 0.3) is 10.9 Å². The predicted octanol–water partition coefficient (Wildman–Crippen LogP) is 2.38. The molecule has 158 valence electrons. The Kier molecular flexibility index (Phi) is 5.99. The summed E-state index contributed by atoms with van der Waals surface area (Å²) in [6, 6.07) is 14.5. The van der Waals surface area contributed by atoms with Crippen LogP contribution in [0.15, 0.2) is 58.2 Å². The number of nitrogens with zero attached hydrogens (tertiary/aromatic N) is 3. The second kappa shape index (κ2) is 8.67. The molecule has 7 nitrogen and oxygen atoms in total. The van der Waals surface area contributed by atoms with Gasteiger partial charge in [-0.2, -0.15) is 4.31 Å². The molecule has 30 heavy (non-hydrogen) atoms. The zero-order valence-corrected chi connectivity index (χ0v) is 17.9. The lowest BCUT2D eigenvalue weighted by atomic mass is 10.1. The van der Waals surface area contributed by atoms with Crippen molar-refractivity contribution in [2.75, 3.05) is 26.2 Å². The van der Waals surface area contributed by atoms with E-state index in [9.17, 15) is 13.2 Å². The molecule has 0 radical (unpaired) electrons. The molecule has 1 N–H and O–H groups in total. The van der Waals surface area contributed by atoms with E-state index in [1.165, 1.54) is 4.31 Å². The van der Waals surface area contributed by atoms with Gasteiger partial charge in [-0.1, -0.05) is 37.6 Å². The molecule has 0 saturated carbocycles. The fraction of sp³-hybridized carbons (Fsp3) is 0.364. The van der Waals surface area contributed by atoms with Crippen molar-refractivity contribution in [2.45, 2.75) is 31.2 Å². The fourth-order valence-corrected chi connectivity index (χ4v) is 5.24. The number of aryl methyl sites for hydroxylation is 1. The lowest BCUT2D eigenvalue weighted by Gasteiger charge is -2.33. The largest absolute Gasteiger partial charge is 0.309 e. The number of fused-ring (bicyclic) bond motifs is 1. The molecule has 3 aromatic rings. The topological polar surface area (TPSA) is 86.4 Å². The SMILES string of the molecule is CCCc1ccc(S(=O)(=O)N2CCN(Cc3nc4ccccc4c(=O)[nH]3)CC2)cc1. The first-order valence-electron chi connectivity index (χ1n) is 10.3. The van der Waals surface area contributed by atoms with E-state index in [2.05, 4.69) is 21.8 Å². The summed E-state index contributed by atoms with van der Waals surface area (Å²) in [5.74, 6) is 0.599. The summed E-state index contributed by atoms with van der Waals surface area (Å²) in [6.07, 6.45) is 1.98. The van der Waals surface area contributed by atoms with Gasteiger partial charge < -0.3 is 4.98 Å². The number of nitrogens with one attached hydrogen (secondary N) is 1. The Morgan fingerprint density at radius 3 is 2.40 bits per heavy atom. The van der Waals surface area contributed by atoms with E-state index in [0.29, 0.717) is 54.3 Å². The highest BCUT2D eigenvalue weighted by atomic mass is 32.2. The first-order chi connectivity index (χ1) is 14.5. The van der Waals surface area contributed by atoms with Crippen LogP contribution in [-0.4, -0.2) is 53.8 Å². The molecule has 0 amide bonds. The van der Waals surface area contributed by atoms with Crippen molar-refractivity contribution in [3.63, 3.8) is 0 Å². The monoisotopic (exact) mass is 426 g/mol. The molecule has 1 aliphatic rings. The molecule has 0 unspecified atom stereocenters. The Morgan fingerprint density at radius 1 is 1.00 bits per heavy atom. The average Bonchev–Trinajstić information content (AvgIpc) is 2.75. The molecule has 1 fully saturated rings. The Balaban J connectivity index is 1.41. The van der Waals surface area contributed by atoms with Crippen molar-refractivity contribution in [1.82, 2.24) is 19.2 Å². The van der Waals surface area contributed by atoms with Crippen LogP contribution in [0.3, 0.4) is 0 Å². The molecule has 1 aliphatic heterocycles. The summed E-state index contributed by atoms with van der Waals surface area (Å²) in [5.41, 5.74) is 1.67. The van der Waals surface area contributed by atoms with E-state index in [4.69, 9.17) is 0 Å². The second-order valence-corrected chi connectivity index (χ2v) is 9.54. The molecule has 0 bridgehead atoms. The minimum Gasteiger partial charge on any atom is -0.309 e. The zero-order chi connectivity index (χ0) is 21.1. The van der Waals surface area contributed by atoms with Crippen molar-refractivity contribution in [2.24, 2.45) is 0 Å². The Hall–Kier alpha value is -2.55. The number of rotatable bonds is 6. The van der Waals surface area contributed by atoms with E-state index in [1.54, 1.807) is 18.2 Å². The highest BCUT2D eigenvalue weighted by Gasteiger charge is 2.28. The third kappa shape index (κ3) is 4.30. The lowest BCUT2D eigenvalue weighted by molar-refractivity contribution is 0.178. The van der Waals surface area contributed by atoms with E-state index in [-0.39, 0.29) is 5.56 Å². The van der Waals surface area contributed by atoms with Crippen LogP contribution in [0.1, 0.15) is 24.7 Å². The maximum atomic E-state index is 13.0. The quantitative estimate of drug-likeness (QED) is 0.654. The first-order valence-corrected chi connectivity index (χ1v) is 11.7. The smallest absolute Gasteiger partial charge is 0.258 e. The maximum absolute atomic E-state index is 13.0. The van der Waals surface area contributed by atoms with E-state index >= 15 is 0 Å². The van der Waals surface area contributed by atoms with Crippen molar-refractivity contribution in [1.29, 1.82) is 0 Å². The average molecular weight is 427 g/mol. The van der Waals surface area contributed by atoms with Crippen molar-refractivity contribution >= 4 is 20.9 Å². The number of sulfonamides is 1. The van der Waals surface area contributed by atoms with Crippen LogP contribution in [0.5, 0.6) is 0 Å². The van der Waals surface area contributed by atoms with E-state index < -0.39 is 10.0 Å². The summed E-state index contributed by atoms with van der Waals surface area (Å²) >= 11 is 0. The van der Waals surface area contributed by atoms with Crippen LogP contribution in [0, 0.1) is 0 Å². The van der Waals surface area contributed by atoms with Crippen LogP contribution >= 0.6 is 0 Å². The van der Waals surface area contributed by atoms with Crippen molar-refractivity contribution in [3.05, 3.63) is 70.3 Å². The van der Waals surface area contributed by atoms with Crippen LogP contribution < -0.4 is 5.56 Å². The molecule has 4 rings (SSSR count). The van der Waals surface area contributed by atoms with Crippen LogP contribution in [0.4, 0.5) is 0 Å². The van der Waals surface area contributed by atoms with Gasteiger partial charge in [0, 0.05) is 26.2 Å². The number of hydrogen-bond acceptors (Lipinski definition) is 5. The summed E-state index contributed by atoms with van der Waals surface area (Å²) in [6.45, 7) is 4.59. The Bertz CT molecular complexity index is 1180. The van der Waals surface area contributed by atoms with Gasteiger partial charge in [0.05, 0.1) is 22.3 Å². The number of benzene rings is 2. The fourth-order valence-electron chi connectivity index (χ4n) is 3.82. The number of hydrogen-bond donors (Lipinski definition) is 1. The van der Waals surface area contributed by atoms with Gasteiger partial charge in [0.1, 0.15) is 5.82 Å². The van der Waals surface area contributed by atoms with Gasteiger partial charge in [-0.05, 0) is 36.2 Å². The number of aromatic nitrogens is 2. The summed E-state index contributed by atoms with van der Waals surface area (Å²) < 4.78 is 27.5. The van der Waals surface area contributed by atoms with Gasteiger partial charge in [0.25, 0.3) is 5.56 Å². The molecule has 8 heteroatoms. The maximum Gasteiger partial charge on any atom is 0.258 e. The third-order valence-corrected chi connectivity index (χ3v) is 7.38. The molecule has 1 saturated heterocycles. The van der Waals surface area contributed by atoms with Gasteiger partial charge in [0.15, 0.2) is 0 Å². The molecular weight excluding hydrogens is 400 g/mol. The summed E-state index contributed by atoms with van der Waals surface area (Å²) in [7, 11) is -3.49. The zero-order valence-electron chi connectivity index (χ0n) is 17.0. The minimum atomic E-state index is -3.49. The molecule has 0 atom stereocenters. The lowest BCUT2D eigenvalue weighted by Crippen LogP contribution is -2.48. The van der Waals surface area contributed by atoms with Gasteiger partial charge in [-0.15, -0.1) is 0 Å². The molecule has 2 aromatic carbocycles. The van der Waals surface area contributed by atoms with Gasteiger partial charge in [-0.3, -0.25) is 9.69 Å². The van der Waals surface area contributed by atoms with Crippen molar-refractivity contribution < 1.29 is 8.42 Å². The normalized spacial score (nSPS) is 16.2. The predicted molar refractivity (Wildman–Crippen MR) is 117 cm³/mol. The van der Waals surface area contributed by atoms with Crippen molar-refractivity contribution in [3.8, 4) is 0 Å². The number of piperazine rings is 1. The van der Waals surface area contributed by atoms with Crippen LogP contribution in [-0.2, 0) is 23.0 Å². The number of H-pyrrole nitrogens is 1. The highest BCUT2D eigenvalue weighted by Crippen LogP contribution is 2.19.